The molecule has 26 heavy (non-hydrogen) atoms. The molecule has 1 atom stereocenters. The summed E-state index contributed by atoms with van der Waals surface area (Å²) in [5.74, 6) is -0.577. The quantitative estimate of drug-likeness (QED) is 0.622. The number of rotatable bonds is 6. The average Bonchev–Trinajstić information content (AvgIpc) is 2.67. The number of hydrogen-bond donors (Lipinski definition) is 1. The van der Waals surface area contributed by atoms with Crippen LogP contribution in [0, 0.1) is 11.6 Å². The third-order valence-electron chi connectivity index (χ3n) is 3.83. The molecule has 1 amide bonds. The number of hydrogen-bond acceptors (Lipinski definition) is 2. The van der Waals surface area contributed by atoms with E-state index in [1.54, 1.807) is 24.3 Å². The van der Waals surface area contributed by atoms with Crippen molar-refractivity contribution in [2.45, 2.75) is 10.9 Å². The van der Waals surface area contributed by atoms with E-state index in [0.717, 1.165) is 16.0 Å². The molecule has 0 aliphatic heterocycles. The fourth-order valence-electron chi connectivity index (χ4n) is 2.54. The Morgan fingerprint density at radius 3 is 1.96 bits per heavy atom. The van der Waals surface area contributed by atoms with E-state index in [9.17, 15) is 13.6 Å². The minimum absolute atomic E-state index is 0.155. The van der Waals surface area contributed by atoms with Crippen LogP contribution in [0.5, 0.6) is 0 Å². The number of nitrogens with one attached hydrogen (secondary N) is 1. The molecular formula is C21H17F2NOS. The van der Waals surface area contributed by atoms with Crippen LogP contribution in [-0.2, 0) is 4.79 Å². The Balaban J connectivity index is 1.71. The van der Waals surface area contributed by atoms with Crippen molar-refractivity contribution in [3.63, 3.8) is 0 Å². The lowest BCUT2D eigenvalue weighted by atomic mass is 9.98. The Labute approximate surface area is 155 Å². The Bertz CT molecular complexity index is 851. The minimum Gasteiger partial charge on any atom is -0.344 e. The molecule has 3 aromatic rings. The van der Waals surface area contributed by atoms with Gasteiger partial charge in [0.1, 0.15) is 11.6 Å². The number of carbonyl (C=O) groups excluding carboxylic acids is 1. The minimum atomic E-state index is -0.363. The summed E-state index contributed by atoms with van der Waals surface area (Å²) in [6.07, 6.45) is 0. The summed E-state index contributed by atoms with van der Waals surface area (Å²) in [5.41, 5.74) is 1.72. The smallest absolute Gasteiger partial charge is 0.231 e. The van der Waals surface area contributed by atoms with Gasteiger partial charge < -0.3 is 5.32 Å². The number of thioether (sulfide) groups is 1. The van der Waals surface area contributed by atoms with Gasteiger partial charge >= 0.3 is 0 Å². The maximum atomic E-state index is 13.2. The summed E-state index contributed by atoms with van der Waals surface area (Å²) in [5, 5.41) is 2.99. The molecule has 0 bridgehead atoms. The molecule has 132 valence electrons. The van der Waals surface area contributed by atoms with E-state index in [1.807, 2.05) is 30.3 Å². The van der Waals surface area contributed by atoms with Gasteiger partial charge in [0, 0.05) is 4.90 Å². The highest BCUT2D eigenvalue weighted by Crippen LogP contribution is 2.23. The maximum absolute atomic E-state index is 13.2. The van der Waals surface area contributed by atoms with E-state index in [4.69, 9.17) is 0 Å². The Kier molecular flexibility index (Phi) is 6.02. The first kappa shape index (κ1) is 18.1. The summed E-state index contributed by atoms with van der Waals surface area (Å²) in [6.45, 7) is 0. The van der Waals surface area contributed by atoms with Gasteiger partial charge in [0.2, 0.25) is 5.91 Å². The monoisotopic (exact) mass is 369 g/mol. The van der Waals surface area contributed by atoms with Crippen LogP contribution in [0.4, 0.5) is 8.78 Å². The number of benzene rings is 3. The van der Waals surface area contributed by atoms with Gasteiger partial charge in [-0.05, 0) is 47.5 Å². The van der Waals surface area contributed by atoms with Crippen molar-refractivity contribution in [3.05, 3.63) is 102 Å². The van der Waals surface area contributed by atoms with Crippen LogP contribution in [0.2, 0.25) is 0 Å². The lowest BCUT2D eigenvalue weighted by molar-refractivity contribution is -0.119. The molecule has 0 aromatic heterocycles. The van der Waals surface area contributed by atoms with Crippen molar-refractivity contribution in [2.24, 2.45) is 0 Å². The summed E-state index contributed by atoms with van der Waals surface area (Å²) in [6, 6.07) is 21.3. The van der Waals surface area contributed by atoms with Crippen molar-refractivity contribution >= 4 is 17.7 Å². The lowest BCUT2D eigenvalue weighted by Crippen LogP contribution is -2.30. The molecule has 0 heterocycles. The van der Waals surface area contributed by atoms with Crippen LogP contribution < -0.4 is 5.32 Å². The molecule has 0 saturated carbocycles. The van der Waals surface area contributed by atoms with Gasteiger partial charge in [-0.25, -0.2) is 8.78 Å². The predicted molar refractivity (Wildman–Crippen MR) is 100.0 cm³/mol. The molecular weight excluding hydrogens is 352 g/mol. The highest BCUT2D eigenvalue weighted by molar-refractivity contribution is 8.00. The van der Waals surface area contributed by atoms with Gasteiger partial charge in [0.25, 0.3) is 0 Å². The van der Waals surface area contributed by atoms with Crippen LogP contribution in [0.1, 0.15) is 17.2 Å². The summed E-state index contributed by atoms with van der Waals surface area (Å²) in [4.78, 5) is 13.2. The molecule has 0 saturated heterocycles. The van der Waals surface area contributed by atoms with Crippen molar-refractivity contribution < 1.29 is 13.6 Å². The van der Waals surface area contributed by atoms with Gasteiger partial charge in [0.05, 0.1) is 11.8 Å². The highest BCUT2D eigenvalue weighted by Gasteiger charge is 2.17. The van der Waals surface area contributed by atoms with Gasteiger partial charge in [-0.2, -0.15) is 0 Å². The van der Waals surface area contributed by atoms with Gasteiger partial charge in [-0.1, -0.05) is 42.5 Å². The molecule has 0 radical (unpaired) electrons. The zero-order valence-electron chi connectivity index (χ0n) is 13.9. The number of halogens is 2. The molecule has 0 fully saturated rings. The second-order valence-corrected chi connectivity index (χ2v) is 6.75. The van der Waals surface area contributed by atoms with E-state index in [1.165, 1.54) is 36.0 Å². The molecule has 5 heteroatoms. The van der Waals surface area contributed by atoms with Gasteiger partial charge in [-0.15, -0.1) is 11.8 Å². The zero-order valence-corrected chi connectivity index (χ0v) is 14.7. The van der Waals surface area contributed by atoms with E-state index in [-0.39, 0.29) is 29.3 Å². The van der Waals surface area contributed by atoms with Crippen LogP contribution in [-0.4, -0.2) is 11.7 Å². The molecule has 3 aromatic carbocycles. The third-order valence-corrected chi connectivity index (χ3v) is 4.84. The van der Waals surface area contributed by atoms with Crippen molar-refractivity contribution in [3.8, 4) is 0 Å². The van der Waals surface area contributed by atoms with Crippen LogP contribution in [0.3, 0.4) is 0 Å². The number of amides is 1. The standard InChI is InChI=1S/C21H17F2NOS/c22-17-8-6-16(7-9-17)21(15-4-2-1-3-5-15)24-20(25)14-26-19-12-10-18(23)11-13-19/h1-13,21H,14H2,(H,24,25). The first-order chi connectivity index (χ1) is 12.6. The van der Waals surface area contributed by atoms with Crippen LogP contribution in [0.15, 0.2) is 83.8 Å². The van der Waals surface area contributed by atoms with Gasteiger partial charge in [0.15, 0.2) is 0 Å². The zero-order chi connectivity index (χ0) is 18.4. The fraction of sp³-hybridized carbons (Fsp3) is 0.0952. The average molecular weight is 369 g/mol. The largest absolute Gasteiger partial charge is 0.344 e. The van der Waals surface area contributed by atoms with Gasteiger partial charge in [-0.3, -0.25) is 4.79 Å². The topological polar surface area (TPSA) is 29.1 Å². The van der Waals surface area contributed by atoms with Crippen LogP contribution in [0.25, 0.3) is 0 Å². The van der Waals surface area contributed by atoms with E-state index in [0.29, 0.717) is 0 Å². The molecule has 0 spiro atoms. The molecule has 1 unspecified atom stereocenters. The number of carbonyl (C=O) groups is 1. The molecule has 2 nitrogen and oxygen atoms in total. The van der Waals surface area contributed by atoms with Crippen LogP contribution >= 0.6 is 11.8 Å². The van der Waals surface area contributed by atoms with E-state index < -0.39 is 0 Å². The van der Waals surface area contributed by atoms with Crippen molar-refractivity contribution in [1.29, 1.82) is 0 Å². The molecule has 3 rings (SSSR count). The third kappa shape index (κ3) is 4.92. The molecule has 0 aliphatic carbocycles. The lowest BCUT2D eigenvalue weighted by Gasteiger charge is -2.20. The summed E-state index contributed by atoms with van der Waals surface area (Å²) < 4.78 is 26.2. The summed E-state index contributed by atoms with van der Waals surface area (Å²) in [7, 11) is 0. The van der Waals surface area contributed by atoms with Crippen molar-refractivity contribution in [1.82, 2.24) is 5.32 Å². The normalized spacial score (nSPS) is 11.8. The SMILES string of the molecule is O=C(CSc1ccc(F)cc1)NC(c1ccccc1)c1ccc(F)cc1. The second kappa shape index (κ2) is 8.63. The van der Waals surface area contributed by atoms with E-state index >= 15 is 0 Å². The second-order valence-electron chi connectivity index (χ2n) is 5.71. The van der Waals surface area contributed by atoms with Crippen molar-refractivity contribution in [2.75, 3.05) is 5.75 Å². The molecule has 0 aliphatic rings. The van der Waals surface area contributed by atoms with E-state index in [2.05, 4.69) is 5.32 Å². The summed E-state index contributed by atoms with van der Waals surface area (Å²) >= 11 is 1.33. The fourth-order valence-corrected chi connectivity index (χ4v) is 3.25. The Morgan fingerprint density at radius 1 is 0.808 bits per heavy atom. The first-order valence-corrected chi connectivity index (χ1v) is 9.08. The first-order valence-electron chi connectivity index (χ1n) is 8.10. The highest BCUT2D eigenvalue weighted by atomic mass is 32.2. The Hall–Kier alpha value is -2.66. The predicted octanol–water partition coefficient (Wildman–Crippen LogP) is 4.96. The Morgan fingerprint density at radius 2 is 1.35 bits per heavy atom. The maximum Gasteiger partial charge on any atom is 0.231 e. The molecule has 1 N–H and O–H groups in total.